The minimum Gasteiger partial charge on any atom is -0.365 e. The number of hydrogen-bond acceptors (Lipinski definition) is 6. The van der Waals surface area contributed by atoms with Gasteiger partial charge in [-0.1, -0.05) is 23.7 Å². The van der Waals surface area contributed by atoms with Crippen LogP contribution in [0.25, 0.3) is 10.6 Å². The SMILES string of the molecule is CNc1nc(-c2sc(C)nc2C)cs1.O=CC1(c2ccc(Cl)cc2)CC1. The molecule has 1 N–H and O–H groups in total. The van der Waals surface area contributed by atoms with Crippen LogP contribution in [0, 0.1) is 13.8 Å². The first-order valence-corrected chi connectivity index (χ1v) is 10.3. The van der Waals surface area contributed by atoms with Crippen molar-refractivity contribution in [3.8, 4) is 10.6 Å². The lowest BCUT2D eigenvalue weighted by Gasteiger charge is -2.05. The fourth-order valence-corrected chi connectivity index (χ4v) is 4.40. The number of aromatic nitrogens is 2. The molecule has 136 valence electrons. The van der Waals surface area contributed by atoms with Crippen LogP contribution in [0.4, 0.5) is 5.13 Å². The third-order valence-corrected chi connectivity index (χ3v) is 6.49. The number of hydrogen-bond donors (Lipinski definition) is 1. The molecular weight excluding hydrogens is 386 g/mol. The Morgan fingerprint density at radius 3 is 2.35 bits per heavy atom. The van der Waals surface area contributed by atoms with Gasteiger partial charge >= 0.3 is 0 Å². The molecule has 26 heavy (non-hydrogen) atoms. The van der Waals surface area contributed by atoms with E-state index in [0.29, 0.717) is 0 Å². The van der Waals surface area contributed by atoms with Crippen LogP contribution in [0.5, 0.6) is 0 Å². The van der Waals surface area contributed by atoms with Crippen molar-refractivity contribution in [1.82, 2.24) is 9.97 Å². The van der Waals surface area contributed by atoms with E-state index in [2.05, 4.69) is 20.7 Å². The number of carbonyl (C=O) groups is 1. The summed E-state index contributed by atoms with van der Waals surface area (Å²) in [6.07, 6.45) is 3.02. The first kappa shape index (κ1) is 19.0. The van der Waals surface area contributed by atoms with Crippen LogP contribution in [0.15, 0.2) is 29.6 Å². The Morgan fingerprint density at radius 1 is 1.19 bits per heavy atom. The van der Waals surface area contributed by atoms with Gasteiger partial charge in [-0.25, -0.2) is 9.97 Å². The molecule has 1 aliphatic rings. The van der Waals surface area contributed by atoms with Crippen LogP contribution in [0.2, 0.25) is 5.02 Å². The Balaban J connectivity index is 0.000000152. The minimum absolute atomic E-state index is 0.162. The topological polar surface area (TPSA) is 54.9 Å². The Labute approximate surface area is 166 Å². The molecule has 0 amide bonds. The summed E-state index contributed by atoms with van der Waals surface area (Å²) in [5.74, 6) is 0. The zero-order chi connectivity index (χ0) is 18.7. The average Bonchev–Trinajstić information content (AvgIpc) is 3.16. The Morgan fingerprint density at radius 2 is 1.88 bits per heavy atom. The zero-order valence-corrected chi connectivity index (χ0v) is 17.3. The predicted octanol–water partition coefficient (Wildman–Crippen LogP) is 5.50. The van der Waals surface area contributed by atoms with Gasteiger partial charge in [0.2, 0.25) is 0 Å². The molecule has 0 saturated heterocycles. The van der Waals surface area contributed by atoms with Gasteiger partial charge in [0.05, 0.1) is 26.7 Å². The van der Waals surface area contributed by atoms with Crippen LogP contribution in [-0.4, -0.2) is 23.3 Å². The summed E-state index contributed by atoms with van der Waals surface area (Å²) in [4.78, 5) is 20.8. The molecule has 0 aliphatic heterocycles. The number of benzene rings is 1. The molecule has 0 spiro atoms. The summed E-state index contributed by atoms with van der Waals surface area (Å²) in [5, 5.41) is 7.86. The lowest BCUT2D eigenvalue weighted by atomic mass is 9.98. The molecule has 0 radical (unpaired) electrons. The molecule has 2 aromatic heterocycles. The van der Waals surface area contributed by atoms with Gasteiger partial charge in [-0.3, -0.25) is 0 Å². The number of rotatable bonds is 4. The fraction of sp³-hybridized carbons (Fsp3) is 0.316. The van der Waals surface area contributed by atoms with Gasteiger partial charge in [-0.05, 0) is 44.4 Å². The van der Waals surface area contributed by atoms with Crippen molar-refractivity contribution in [2.24, 2.45) is 0 Å². The molecule has 1 saturated carbocycles. The minimum atomic E-state index is -0.162. The third-order valence-electron chi connectivity index (χ3n) is 4.29. The third kappa shape index (κ3) is 4.14. The van der Waals surface area contributed by atoms with E-state index in [1.165, 1.54) is 4.88 Å². The quantitative estimate of drug-likeness (QED) is 0.582. The molecule has 0 unspecified atom stereocenters. The highest BCUT2D eigenvalue weighted by molar-refractivity contribution is 7.16. The summed E-state index contributed by atoms with van der Waals surface area (Å²) in [6.45, 7) is 4.05. The average molecular weight is 406 g/mol. The number of thiazole rings is 2. The summed E-state index contributed by atoms with van der Waals surface area (Å²) in [5.41, 5.74) is 3.04. The number of carbonyl (C=O) groups excluding carboxylic acids is 1. The van der Waals surface area contributed by atoms with Gasteiger partial charge < -0.3 is 10.1 Å². The van der Waals surface area contributed by atoms with E-state index in [-0.39, 0.29) is 5.41 Å². The summed E-state index contributed by atoms with van der Waals surface area (Å²) >= 11 is 9.05. The number of halogens is 1. The summed E-state index contributed by atoms with van der Waals surface area (Å²) in [7, 11) is 1.88. The molecule has 3 aromatic rings. The first-order valence-electron chi connectivity index (χ1n) is 8.27. The summed E-state index contributed by atoms with van der Waals surface area (Å²) < 4.78 is 0. The maximum Gasteiger partial charge on any atom is 0.182 e. The van der Waals surface area contributed by atoms with Crippen molar-refractivity contribution in [3.63, 3.8) is 0 Å². The van der Waals surface area contributed by atoms with Crippen molar-refractivity contribution in [1.29, 1.82) is 0 Å². The van der Waals surface area contributed by atoms with Gasteiger partial charge in [-0.2, -0.15) is 0 Å². The second-order valence-electron chi connectivity index (χ2n) is 6.22. The van der Waals surface area contributed by atoms with Crippen molar-refractivity contribution in [3.05, 3.63) is 50.9 Å². The van der Waals surface area contributed by atoms with E-state index in [9.17, 15) is 4.79 Å². The molecule has 1 aromatic carbocycles. The van der Waals surface area contributed by atoms with Crippen LogP contribution >= 0.6 is 34.3 Å². The molecule has 2 heterocycles. The predicted molar refractivity (Wildman–Crippen MR) is 111 cm³/mol. The highest BCUT2D eigenvalue weighted by Crippen LogP contribution is 2.46. The molecule has 7 heteroatoms. The Hall–Kier alpha value is -1.76. The second-order valence-corrected chi connectivity index (χ2v) is 8.71. The van der Waals surface area contributed by atoms with E-state index in [1.54, 1.807) is 22.7 Å². The lowest BCUT2D eigenvalue weighted by molar-refractivity contribution is -0.109. The van der Waals surface area contributed by atoms with Crippen LogP contribution < -0.4 is 5.32 Å². The molecule has 4 rings (SSSR count). The molecule has 0 atom stereocenters. The number of aldehydes is 1. The normalized spacial score (nSPS) is 14.3. The molecule has 4 nitrogen and oxygen atoms in total. The Bertz CT molecular complexity index is 898. The van der Waals surface area contributed by atoms with Crippen LogP contribution in [0.1, 0.15) is 29.1 Å². The van der Waals surface area contributed by atoms with Crippen molar-refractivity contribution in [2.75, 3.05) is 12.4 Å². The van der Waals surface area contributed by atoms with Gasteiger partial charge in [0, 0.05) is 17.5 Å². The largest absolute Gasteiger partial charge is 0.365 e. The Kier molecular flexibility index (Phi) is 5.75. The molecule has 1 fully saturated rings. The van der Waals surface area contributed by atoms with Gasteiger partial charge in [0.15, 0.2) is 5.13 Å². The number of aryl methyl sites for hydroxylation is 2. The van der Waals surface area contributed by atoms with Crippen LogP contribution in [-0.2, 0) is 10.2 Å². The number of anilines is 1. The first-order chi connectivity index (χ1) is 12.5. The van der Waals surface area contributed by atoms with E-state index < -0.39 is 0 Å². The molecular formula is C19H20ClN3OS2. The van der Waals surface area contributed by atoms with E-state index in [0.717, 1.165) is 51.2 Å². The van der Waals surface area contributed by atoms with Crippen molar-refractivity contribution in [2.45, 2.75) is 32.1 Å². The number of nitrogens with one attached hydrogen (secondary N) is 1. The molecule has 0 bridgehead atoms. The van der Waals surface area contributed by atoms with Gasteiger partial charge in [-0.15, -0.1) is 22.7 Å². The number of nitrogens with zero attached hydrogens (tertiary/aromatic N) is 2. The highest BCUT2D eigenvalue weighted by Gasteiger charge is 2.43. The van der Waals surface area contributed by atoms with Crippen molar-refractivity contribution >= 4 is 45.7 Å². The van der Waals surface area contributed by atoms with Crippen LogP contribution in [0.3, 0.4) is 0 Å². The summed E-state index contributed by atoms with van der Waals surface area (Å²) in [6, 6.07) is 7.54. The molecule has 1 aliphatic carbocycles. The monoisotopic (exact) mass is 405 g/mol. The second kappa shape index (κ2) is 7.86. The van der Waals surface area contributed by atoms with E-state index >= 15 is 0 Å². The van der Waals surface area contributed by atoms with Gasteiger partial charge in [0.25, 0.3) is 0 Å². The van der Waals surface area contributed by atoms with Gasteiger partial charge in [0.1, 0.15) is 6.29 Å². The lowest BCUT2D eigenvalue weighted by Crippen LogP contribution is -2.06. The van der Waals surface area contributed by atoms with E-state index in [4.69, 9.17) is 11.6 Å². The fourth-order valence-electron chi connectivity index (χ4n) is 2.65. The smallest absolute Gasteiger partial charge is 0.182 e. The zero-order valence-electron chi connectivity index (χ0n) is 14.9. The maximum absolute atomic E-state index is 10.7. The maximum atomic E-state index is 10.7. The van der Waals surface area contributed by atoms with Crippen molar-refractivity contribution < 1.29 is 4.79 Å². The standard InChI is InChI=1S/C10H9ClO.C9H11N3S2/c11-9-3-1-8(2-4-9)10(7-12)5-6-10;1-5-8(14-6(2)11-5)7-4-13-9(10-3)12-7/h1-4,7H,5-6H2;4H,1-3H3,(H,10,12). The highest BCUT2D eigenvalue weighted by atomic mass is 35.5. The van der Waals surface area contributed by atoms with E-state index in [1.807, 2.05) is 45.2 Å².